The van der Waals surface area contributed by atoms with E-state index < -0.39 is 11.7 Å². The fourth-order valence-electron chi connectivity index (χ4n) is 4.81. The lowest BCUT2D eigenvalue weighted by Gasteiger charge is -2.35. The Morgan fingerprint density at radius 3 is 2.66 bits per heavy atom. The highest BCUT2D eigenvalue weighted by molar-refractivity contribution is 5.92. The Labute approximate surface area is 239 Å². The largest absolute Gasteiger partial charge is 0.474 e. The van der Waals surface area contributed by atoms with Gasteiger partial charge in [-0.15, -0.1) is 0 Å². The van der Waals surface area contributed by atoms with Crippen molar-refractivity contribution in [1.82, 2.24) is 19.9 Å². The molecule has 0 unspecified atom stereocenters. The molecular formula is C29H35N7O5. The molecule has 0 saturated heterocycles. The van der Waals surface area contributed by atoms with Crippen LogP contribution in [0.2, 0.25) is 0 Å². The van der Waals surface area contributed by atoms with Crippen molar-refractivity contribution in [3.05, 3.63) is 53.1 Å². The highest BCUT2D eigenvalue weighted by Gasteiger charge is 2.32. The molecule has 3 aromatic heterocycles. The van der Waals surface area contributed by atoms with Gasteiger partial charge in [0.25, 0.3) is 0 Å². The molecule has 12 nitrogen and oxygen atoms in total. The molecule has 0 saturated carbocycles. The highest BCUT2D eigenvalue weighted by Crippen LogP contribution is 2.39. The van der Waals surface area contributed by atoms with Crippen molar-refractivity contribution in [2.45, 2.75) is 59.6 Å². The number of rotatable bonds is 6. The minimum atomic E-state index is -0.614. The third-order valence-electron chi connectivity index (χ3n) is 6.69. The summed E-state index contributed by atoms with van der Waals surface area (Å²) in [6, 6.07) is 3.60. The molecule has 0 aromatic carbocycles. The van der Waals surface area contributed by atoms with Crippen molar-refractivity contribution >= 4 is 35.2 Å². The zero-order valence-corrected chi connectivity index (χ0v) is 24.1. The number of hydrogen-bond acceptors (Lipinski definition) is 11. The molecule has 3 aromatic rings. The molecule has 5 heterocycles. The average Bonchev–Trinajstić information content (AvgIpc) is 2.93. The molecule has 5 rings (SSSR count). The van der Waals surface area contributed by atoms with E-state index in [1.807, 2.05) is 40.0 Å². The number of fused-ring (bicyclic) bond motifs is 2. The van der Waals surface area contributed by atoms with Crippen molar-refractivity contribution < 1.29 is 23.8 Å². The van der Waals surface area contributed by atoms with Crippen LogP contribution >= 0.6 is 0 Å². The number of amides is 1. The quantitative estimate of drug-likeness (QED) is 0.436. The maximum atomic E-state index is 13.0. The number of ether oxygens (including phenoxy) is 3. The lowest BCUT2D eigenvalue weighted by Crippen LogP contribution is -2.42. The maximum Gasteiger partial charge on any atom is 0.415 e. The number of carbonyl (C=O) groups excluding carboxylic acids is 2. The number of aromatic nitrogens is 4. The van der Waals surface area contributed by atoms with Crippen molar-refractivity contribution in [3.8, 4) is 5.88 Å². The van der Waals surface area contributed by atoms with E-state index in [4.69, 9.17) is 19.2 Å². The van der Waals surface area contributed by atoms with E-state index in [9.17, 15) is 9.59 Å². The second-order valence-corrected chi connectivity index (χ2v) is 10.9. The SMILES string of the molecule is CCOC(=O)Cc1ccc(Nc2ncc3c(n2)CN(c2cnc4c(c2C)N(C(=O)OC(C)(C)C)CCO4)CC3)nc1. The van der Waals surface area contributed by atoms with Gasteiger partial charge < -0.3 is 24.4 Å². The Morgan fingerprint density at radius 1 is 1.10 bits per heavy atom. The van der Waals surface area contributed by atoms with Crippen LogP contribution in [0.15, 0.2) is 30.7 Å². The summed E-state index contributed by atoms with van der Waals surface area (Å²) in [5, 5.41) is 3.15. The number of esters is 1. The van der Waals surface area contributed by atoms with Gasteiger partial charge in [0.2, 0.25) is 11.8 Å². The molecule has 0 fully saturated rings. The second-order valence-electron chi connectivity index (χ2n) is 10.9. The van der Waals surface area contributed by atoms with E-state index in [0.29, 0.717) is 49.6 Å². The number of hydrogen-bond donors (Lipinski definition) is 1. The standard InChI is InChI=1S/C29H35N7O5/c1-6-39-24(37)13-19-7-8-23(30-14-19)34-27-32-15-20-9-10-35(17-21(20)33-27)22-16-31-26-25(18(22)2)36(11-12-40-26)28(38)41-29(3,4)5/h7-8,14-16H,6,9-13,17H2,1-5H3,(H,30,32,33,34). The maximum absolute atomic E-state index is 13.0. The van der Waals surface area contributed by atoms with Gasteiger partial charge in [-0.3, -0.25) is 9.69 Å². The first kappa shape index (κ1) is 28.1. The van der Waals surface area contributed by atoms with E-state index in [0.717, 1.165) is 41.0 Å². The smallest absolute Gasteiger partial charge is 0.415 e. The van der Waals surface area contributed by atoms with Gasteiger partial charge in [-0.2, -0.15) is 0 Å². The van der Waals surface area contributed by atoms with E-state index in [2.05, 4.69) is 25.2 Å². The summed E-state index contributed by atoms with van der Waals surface area (Å²) in [4.78, 5) is 46.7. The molecule has 2 aliphatic rings. The molecule has 1 amide bonds. The number of nitrogens with one attached hydrogen (secondary N) is 1. The van der Waals surface area contributed by atoms with Gasteiger partial charge in [0, 0.05) is 24.5 Å². The second kappa shape index (κ2) is 11.6. The van der Waals surface area contributed by atoms with E-state index in [1.54, 1.807) is 30.3 Å². The Morgan fingerprint density at radius 2 is 1.93 bits per heavy atom. The third-order valence-corrected chi connectivity index (χ3v) is 6.69. The Kier molecular flexibility index (Phi) is 7.91. The van der Waals surface area contributed by atoms with Gasteiger partial charge in [0.05, 0.1) is 43.7 Å². The molecule has 12 heteroatoms. The third kappa shape index (κ3) is 6.47. The van der Waals surface area contributed by atoms with Crippen LogP contribution in [0.3, 0.4) is 0 Å². The molecule has 0 atom stereocenters. The number of anilines is 4. The van der Waals surface area contributed by atoms with Gasteiger partial charge >= 0.3 is 12.1 Å². The lowest BCUT2D eigenvalue weighted by molar-refractivity contribution is -0.142. The number of nitrogens with zero attached hydrogens (tertiary/aromatic N) is 6. The van der Waals surface area contributed by atoms with Gasteiger partial charge in [-0.05, 0) is 58.2 Å². The fraction of sp³-hybridized carbons (Fsp3) is 0.448. The van der Waals surface area contributed by atoms with Gasteiger partial charge in [-0.1, -0.05) is 6.07 Å². The molecule has 2 aliphatic heterocycles. The summed E-state index contributed by atoms with van der Waals surface area (Å²) in [7, 11) is 0. The van der Waals surface area contributed by atoms with Crippen LogP contribution < -0.4 is 19.9 Å². The van der Waals surface area contributed by atoms with E-state index in [1.165, 1.54) is 0 Å². The minimum absolute atomic E-state index is 0.172. The van der Waals surface area contributed by atoms with Gasteiger partial charge in [0.15, 0.2) is 0 Å². The molecule has 216 valence electrons. The van der Waals surface area contributed by atoms with Crippen LogP contribution in [0.4, 0.5) is 27.9 Å². The summed E-state index contributed by atoms with van der Waals surface area (Å²) in [5.74, 6) is 1.14. The average molecular weight is 562 g/mol. The molecule has 0 bridgehead atoms. The monoisotopic (exact) mass is 561 g/mol. The highest BCUT2D eigenvalue weighted by atomic mass is 16.6. The lowest BCUT2D eigenvalue weighted by atomic mass is 10.0. The summed E-state index contributed by atoms with van der Waals surface area (Å²) in [6.45, 7) is 11.7. The normalized spacial score (nSPS) is 14.5. The van der Waals surface area contributed by atoms with E-state index >= 15 is 0 Å². The van der Waals surface area contributed by atoms with Crippen molar-refractivity contribution in [2.24, 2.45) is 0 Å². The summed E-state index contributed by atoms with van der Waals surface area (Å²) in [6.07, 6.45) is 5.78. The zero-order chi connectivity index (χ0) is 29.1. The van der Waals surface area contributed by atoms with Crippen LogP contribution in [0.25, 0.3) is 0 Å². The predicted molar refractivity (Wildman–Crippen MR) is 153 cm³/mol. The molecule has 1 N–H and O–H groups in total. The summed E-state index contributed by atoms with van der Waals surface area (Å²) < 4.78 is 16.4. The number of carbonyl (C=O) groups is 2. The summed E-state index contributed by atoms with van der Waals surface area (Å²) in [5.41, 5.74) is 4.55. The van der Waals surface area contributed by atoms with Gasteiger partial charge in [0.1, 0.15) is 23.7 Å². The van der Waals surface area contributed by atoms with Gasteiger partial charge in [-0.25, -0.2) is 24.7 Å². The first-order valence-electron chi connectivity index (χ1n) is 13.7. The van der Waals surface area contributed by atoms with Crippen molar-refractivity contribution in [2.75, 3.05) is 41.4 Å². The van der Waals surface area contributed by atoms with Crippen LogP contribution in [0.5, 0.6) is 5.88 Å². The van der Waals surface area contributed by atoms with Crippen LogP contribution in [-0.4, -0.2) is 63.9 Å². The zero-order valence-electron chi connectivity index (χ0n) is 24.1. The van der Waals surface area contributed by atoms with Crippen LogP contribution in [0.1, 0.15) is 50.1 Å². The fourth-order valence-corrected chi connectivity index (χ4v) is 4.81. The first-order chi connectivity index (χ1) is 19.6. The molecule has 0 radical (unpaired) electrons. The molecular weight excluding hydrogens is 526 g/mol. The number of pyridine rings is 2. The predicted octanol–water partition coefficient (Wildman–Crippen LogP) is 4.12. The Balaban J connectivity index is 1.32. The van der Waals surface area contributed by atoms with E-state index in [-0.39, 0.29) is 12.4 Å². The van der Waals surface area contributed by atoms with Crippen LogP contribution in [-0.2, 0) is 33.7 Å². The van der Waals surface area contributed by atoms with Crippen LogP contribution in [0, 0.1) is 6.92 Å². The Hall–Kier alpha value is -4.48. The Bertz CT molecular complexity index is 1440. The van der Waals surface area contributed by atoms with Crippen molar-refractivity contribution in [3.63, 3.8) is 0 Å². The molecule has 0 spiro atoms. The topological polar surface area (TPSA) is 132 Å². The molecule has 0 aliphatic carbocycles. The minimum Gasteiger partial charge on any atom is -0.474 e. The van der Waals surface area contributed by atoms with Crippen molar-refractivity contribution in [1.29, 1.82) is 0 Å². The molecule has 41 heavy (non-hydrogen) atoms. The summed E-state index contributed by atoms with van der Waals surface area (Å²) >= 11 is 0. The first-order valence-corrected chi connectivity index (χ1v) is 13.7.